The van der Waals surface area contributed by atoms with Gasteiger partial charge >= 0.3 is 6.09 Å². The number of alkyl carbamates (subject to hydrolysis) is 1. The molecule has 1 amide bonds. The number of nitrogen functional groups attached to an aromatic ring is 1. The number of ether oxygens (including phenoxy) is 1. The number of anilines is 2. The first-order chi connectivity index (χ1) is 10.8. The molecule has 0 radical (unpaired) electrons. The van der Waals surface area contributed by atoms with E-state index in [1.54, 1.807) is 0 Å². The fourth-order valence-corrected chi connectivity index (χ4v) is 2.78. The van der Waals surface area contributed by atoms with Crippen molar-refractivity contribution >= 4 is 29.3 Å². The smallest absolute Gasteiger partial charge is 0.407 e. The van der Waals surface area contributed by atoms with E-state index in [0.29, 0.717) is 23.3 Å². The molecule has 0 bridgehead atoms. The van der Waals surface area contributed by atoms with E-state index >= 15 is 0 Å². The van der Waals surface area contributed by atoms with Crippen LogP contribution in [0.15, 0.2) is 6.33 Å². The van der Waals surface area contributed by atoms with E-state index in [-0.39, 0.29) is 11.9 Å². The third kappa shape index (κ3) is 5.13. The van der Waals surface area contributed by atoms with Crippen LogP contribution < -0.4 is 16.0 Å². The van der Waals surface area contributed by atoms with Gasteiger partial charge in [0.25, 0.3) is 0 Å². The predicted octanol–water partition coefficient (Wildman–Crippen LogP) is 2.45. The number of carbonyl (C=O) groups is 1. The van der Waals surface area contributed by atoms with Gasteiger partial charge in [-0.1, -0.05) is 11.6 Å². The van der Waals surface area contributed by atoms with Crippen LogP contribution in [-0.4, -0.2) is 41.3 Å². The minimum absolute atomic E-state index is 0.283. The molecule has 8 heteroatoms. The molecule has 0 aliphatic carbocycles. The number of aromatic nitrogens is 2. The minimum atomic E-state index is -0.491. The molecule has 1 aromatic rings. The zero-order valence-electron chi connectivity index (χ0n) is 13.8. The van der Waals surface area contributed by atoms with E-state index in [0.717, 1.165) is 25.9 Å². The molecule has 1 aromatic heterocycles. The van der Waals surface area contributed by atoms with Gasteiger partial charge in [0, 0.05) is 19.6 Å². The predicted molar refractivity (Wildman–Crippen MR) is 90.6 cm³/mol. The Kier molecular flexibility index (Phi) is 5.51. The summed E-state index contributed by atoms with van der Waals surface area (Å²) in [6.45, 7) is 7.71. The van der Waals surface area contributed by atoms with Crippen LogP contribution in [-0.2, 0) is 4.74 Å². The number of rotatable bonds is 3. The largest absolute Gasteiger partial charge is 0.444 e. The summed E-state index contributed by atoms with van der Waals surface area (Å²) in [7, 11) is 0. The zero-order valence-corrected chi connectivity index (χ0v) is 14.6. The second-order valence-electron chi connectivity index (χ2n) is 6.73. The number of halogens is 1. The highest BCUT2D eigenvalue weighted by Gasteiger charge is 2.24. The molecular formula is C15H24ClN5O2. The van der Waals surface area contributed by atoms with Crippen LogP contribution in [0.25, 0.3) is 0 Å². The average Bonchev–Trinajstić information content (AvgIpc) is 2.46. The molecule has 1 aliphatic heterocycles. The van der Waals surface area contributed by atoms with E-state index < -0.39 is 5.60 Å². The van der Waals surface area contributed by atoms with Crippen LogP contribution >= 0.6 is 11.6 Å². The third-order valence-corrected chi connectivity index (χ3v) is 3.91. The Balaban J connectivity index is 1.91. The molecule has 2 heterocycles. The van der Waals surface area contributed by atoms with Gasteiger partial charge in [0.15, 0.2) is 5.82 Å². The van der Waals surface area contributed by atoms with Crippen molar-refractivity contribution < 1.29 is 9.53 Å². The second kappa shape index (κ2) is 7.21. The summed E-state index contributed by atoms with van der Waals surface area (Å²) in [4.78, 5) is 21.9. The number of hydrogen-bond donors (Lipinski definition) is 2. The van der Waals surface area contributed by atoms with Crippen molar-refractivity contribution in [1.82, 2.24) is 15.3 Å². The van der Waals surface area contributed by atoms with Crippen molar-refractivity contribution in [1.29, 1.82) is 0 Å². The van der Waals surface area contributed by atoms with Gasteiger partial charge in [-0.25, -0.2) is 14.8 Å². The fraction of sp³-hybridized carbons (Fsp3) is 0.667. The minimum Gasteiger partial charge on any atom is -0.444 e. The molecule has 0 aromatic carbocycles. The van der Waals surface area contributed by atoms with Crippen molar-refractivity contribution in [2.45, 2.75) is 39.2 Å². The van der Waals surface area contributed by atoms with E-state index in [9.17, 15) is 4.79 Å². The van der Waals surface area contributed by atoms with Gasteiger partial charge in [0.1, 0.15) is 22.8 Å². The van der Waals surface area contributed by atoms with Gasteiger partial charge in [-0.2, -0.15) is 0 Å². The summed E-state index contributed by atoms with van der Waals surface area (Å²) >= 11 is 6.19. The fourth-order valence-electron chi connectivity index (χ4n) is 2.56. The molecule has 1 fully saturated rings. The summed E-state index contributed by atoms with van der Waals surface area (Å²) in [5.41, 5.74) is 5.24. The zero-order chi connectivity index (χ0) is 17.0. The third-order valence-electron chi connectivity index (χ3n) is 3.55. The number of piperidine rings is 1. The van der Waals surface area contributed by atoms with Gasteiger partial charge in [0.05, 0.1) is 0 Å². The Morgan fingerprint density at radius 3 is 2.96 bits per heavy atom. The van der Waals surface area contributed by atoms with Crippen molar-refractivity contribution in [2.75, 3.05) is 30.3 Å². The SMILES string of the molecule is CC(C)(C)OC(=O)NCC1CCCN(c2ncnc(N)c2Cl)C1. The van der Waals surface area contributed by atoms with Crippen molar-refractivity contribution in [3.63, 3.8) is 0 Å². The molecule has 23 heavy (non-hydrogen) atoms. The van der Waals surface area contributed by atoms with Gasteiger partial charge in [-0.05, 0) is 39.5 Å². The van der Waals surface area contributed by atoms with Crippen LogP contribution in [0.3, 0.4) is 0 Å². The lowest BCUT2D eigenvalue weighted by molar-refractivity contribution is 0.0517. The van der Waals surface area contributed by atoms with Gasteiger partial charge < -0.3 is 20.7 Å². The van der Waals surface area contributed by atoms with Crippen LogP contribution in [0.5, 0.6) is 0 Å². The lowest BCUT2D eigenvalue weighted by atomic mass is 9.98. The lowest BCUT2D eigenvalue weighted by Crippen LogP contribution is -2.42. The first kappa shape index (κ1) is 17.6. The monoisotopic (exact) mass is 341 g/mol. The maximum atomic E-state index is 11.7. The Labute approximate surface area is 141 Å². The molecule has 2 rings (SSSR count). The van der Waals surface area contributed by atoms with Gasteiger partial charge in [-0.3, -0.25) is 0 Å². The normalized spacial score (nSPS) is 18.6. The average molecular weight is 342 g/mol. The summed E-state index contributed by atoms with van der Waals surface area (Å²) in [6, 6.07) is 0. The molecular weight excluding hydrogens is 318 g/mol. The van der Waals surface area contributed by atoms with Crippen LogP contribution in [0.1, 0.15) is 33.6 Å². The van der Waals surface area contributed by atoms with Crippen molar-refractivity contribution in [2.24, 2.45) is 5.92 Å². The first-order valence-corrected chi connectivity index (χ1v) is 8.12. The summed E-state index contributed by atoms with van der Waals surface area (Å²) in [5.74, 6) is 1.25. The molecule has 7 nitrogen and oxygen atoms in total. The molecule has 0 spiro atoms. The van der Waals surface area contributed by atoms with E-state index in [2.05, 4.69) is 20.2 Å². The van der Waals surface area contributed by atoms with Crippen molar-refractivity contribution in [3.8, 4) is 0 Å². The van der Waals surface area contributed by atoms with Crippen LogP contribution in [0.2, 0.25) is 5.02 Å². The van der Waals surface area contributed by atoms with Crippen LogP contribution in [0.4, 0.5) is 16.4 Å². The molecule has 1 aliphatic rings. The quantitative estimate of drug-likeness (QED) is 0.877. The number of nitrogens with one attached hydrogen (secondary N) is 1. The Morgan fingerprint density at radius 1 is 1.52 bits per heavy atom. The highest BCUT2D eigenvalue weighted by Crippen LogP contribution is 2.30. The Morgan fingerprint density at radius 2 is 2.26 bits per heavy atom. The van der Waals surface area contributed by atoms with Crippen molar-refractivity contribution in [3.05, 3.63) is 11.3 Å². The lowest BCUT2D eigenvalue weighted by Gasteiger charge is -2.34. The molecule has 1 unspecified atom stereocenters. The van der Waals surface area contributed by atoms with E-state index in [1.165, 1.54) is 6.33 Å². The maximum Gasteiger partial charge on any atom is 0.407 e. The highest BCUT2D eigenvalue weighted by molar-refractivity contribution is 6.35. The molecule has 128 valence electrons. The van der Waals surface area contributed by atoms with Crippen LogP contribution in [0, 0.1) is 5.92 Å². The van der Waals surface area contributed by atoms with E-state index in [1.807, 2.05) is 20.8 Å². The molecule has 1 saturated heterocycles. The number of hydrogen-bond acceptors (Lipinski definition) is 6. The number of carbonyl (C=O) groups excluding carboxylic acids is 1. The summed E-state index contributed by atoms with van der Waals surface area (Å²) in [5, 5.41) is 3.21. The molecule has 1 atom stereocenters. The molecule has 3 N–H and O–H groups in total. The standard InChI is InChI=1S/C15H24ClN5O2/c1-15(2,3)23-14(22)18-7-10-5-4-6-21(8-10)13-11(16)12(17)19-9-20-13/h9-10H,4-8H2,1-3H3,(H,18,22)(H2,17,19,20). The highest BCUT2D eigenvalue weighted by atomic mass is 35.5. The topological polar surface area (TPSA) is 93.4 Å². The number of amides is 1. The summed E-state index contributed by atoms with van der Waals surface area (Å²) < 4.78 is 5.25. The number of nitrogens with zero attached hydrogens (tertiary/aromatic N) is 3. The maximum absolute atomic E-state index is 11.7. The van der Waals surface area contributed by atoms with E-state index in [4.69, 9.17) is 22.1 Å². The Hall–Kier alpha value is -1.76. The van der Waals surface area contributed by atoms with Gasteiger partial charge in [-0.15, -0.1) is 0 Å². The second-order valence-corrected chi connectivity index (χ2v) is 7.11. The summed E-state index contributed by atoms with van der Waals surface area (Å²) in [6.07, 6.45) is 3.06. The molecule has 0 saturated carbocycles. The number of nitrogens with two attached hydrogens (primary N) is 1. The van der Waals surface area contributed by atoms with Gasteiger partial charge in [0.2, 0.25) is 0 Å². The first-order valence-electron chi connectivity index (χ1n) is 7.74. The Bertz CT molecular complexity index is 561.